The van der Waals surface area contributed by atoms with Gasteiger partial charge in [-0.2, -0.15) is 0 Å². The Morgan fingerprint density at radius 1 is 1.45 bits per heavy atom. The molecule has 1 saturated heterocycles. The topological polar surface area (TPSA) is 72.8 Å². The first-order valence-electron chi connectivity index (χ1n) is 7.21. The molecule has 122 valence electrons. The molecule has 1 aliphatic heterocycles. The number of hydrogen-bond donors (Lipinski definition) is 3. The van der Waals surface area contributed by atoms with E-state index in [0.717, 1.165) is 5.56 Å². The maximum atomic E-state index is 12.2. The lowest BCUT2D eigenvalue weighted by Crippen LogP contribution is -2.45. The van der Waals surface area contributed by atoms with Gasteiger partial charge < -0.3 is 20.4 Å². The van der Waals surface area contributed by atoms with Crippen LogP contribution >= 0.6 is 23.2 Å². The van der Waals surface area contributed by atoms with Crippen molar-refractivity contribution >= 4 is 29.2 Å². The molecule has 5 nitrogen and oxygen atoms in total. The number of hydrogen-bond acceptors (Lipinski definition) is 3. The molecule has 0 bridgehead atoms. The van der Waals surface area contributed by atoms with Crippen LogP contribution in [-0.2, 0) is 0 Å². The lowest BCUT2D eigenvalue weighted by molar-refractivity contribution is 0.154. The molecule has 0 saturated carbocycles. The molecule has 2 rings (SSSR count). The van der Waals surface area contributed by atoms with Crippen molar-refractivity contribution in [3.05, 3.63) is 33.8 Å². The van der Waals surface area contributed by atoms with Crippen LogP contribution in [0.5, 0.6) is 0 Å². The van der Waals surface area contributed by atoms with Gasteiger partial charge in [0.2, 0.25) is 0 Å². The molecule has 7 heteroatoms. The fraction of sp³-hybridized carbons (Fsp3) is 0.533. The fourth-order valence-electron chi connectivity index (χ4n) is 2.74. The second-order valence-electron chi connectivity index (χ2n) is 5.60. The standard InChI is InChI=1S/C15H20Cl2N2O3/c1-9(14-12(16)3-2-4-13(14)17)6-18-15(22)19-7-11(21)5-10(19)8-20/h2-4,9-11,20-21H,5-8H2,1H3,(H,18,22)/t9?,10-,11-/m0/s1. The number of rotatable bonds is 4. The van der Waals surface area contributed by atoms with E-state index in [9.17, 15) is 15.0 Å². The number of nitrogens with zero attached hydrogens (tertiary/aromatic N) is 1. The molecular formula is C15H20Cl2N2O3. The summed E-state index contributed by atoms with van der Waals surface area (Å²) in [6, 6.07) is 4.66. The number of halogens is 2. The van der Waals surface area contributed by atoms with Crippen molar-refractivity contribution in [1.82, 2.24) is 10.2 Å². The number of carbonyl (C=O) groups excluding carboxylic acids is 1. The van der Waals surface area contributed by atoms with Crippen LogP contribution in [0, 0.1) is 0 Å². The third-order valence-corrected chi connectivity index (χ3v) is 4.58. The summed E-state index contributed by atoms with van der Waals surface area (Å²) in [7, 11) is 0. The molecule has 22 heavy (non-hydrogen) atoms. The zero-order valence-electron chi connectivity index (χ0n) is 12.3. The molecule has 3 N–H and O–H groups in total. The number of β-amino-alcohol motifs (C(OH)–C–C–N with tert-alkyl or cyclic N) is 1. The molecule has 1 aromatic rings. The summed E-state index contributed by atoms with van der Waals surface area (Å²) in [5.74, 6) is -0.0507. The van der Waals surface area contributed by atoms with Gasteiger partial charge in [-0.15, -0.1) is 0 Å². The molecule has 2 amide bonds. The van der Waals surface area contributed by atoms with E-state index in [0.29, 0.717) is 23.0 Å². The third-order valence-electron chi connectivity index (χ3n) is 3.92. The van der Waals surface area contributed by atoms with Gasteiger partial charge in [-0.05, 0) is 24.1 Å². The van der Waals surface area contributed by atoms with Gasteiger partial charge in [0, 0.05) is 29.1 Å². The van der Waals surface area contributed by atoms with Crippen molar-refractivity contribution in [2.75, 3.05) is 19.7 Å². The van der Waals surface area contributed by atoms with Gasteiger partial charge in [-0.3, -0.25) is 0 Å². The van der Waals surface area contributed by atoms with E-state index in [1.54, 1.807) is 18.2 Å². The highest BCUT2D eigenvalue weighted by molar-refractivity contribution is 6.36. The largest absolute Gasteiger partial charge is 0.394 e. The van der Waals surface area contributed by atoms with Crippen LogP contribution in [-0.4, -0.2) is 53.0 Å². The highest BCUT2D eigenvalue weighted by atomic mass is 35.5. The Balaban J connectivity index is 1.96. The summed E-state index contributed by atoms with van der Waals surface area (Å²) in [6.45, 7) is 2.37. The summed E-state index contributed by atoms with van der Waals surface area (Å²) in [5, 5.41) is 22.8. The van der Waals surface area contributed by atoms with Crippen LogP contribution in [0.3, 0.4) is 0 Å². The number of aliphatic hydroxyl groups excluding tert-OH is 2. The van der Waals surface area contributed by atoms with E-state index in [4.69, 9.17) is 23.2 Å². The summed E-state index contributed by atoms with van der Waals surface area (Å²) < 4.78 is 0. The molecule has 0 aliphatic carbocycles. The Bertz CT molecular complexity index is 521. The maximum absolute atomic E-state index is 12.2. The van der Waals surface area contributed by atoms with Gasteiger partial charge >= 0.3 is 6.03 Å². The van der Waals surface area contributed by atoms with Crippen LogP contribution in [0.1, 0.15) is 24.8 Å². The second kappa shape index (κ2) is 7.51. The van der Waals surface area contributed by atoms with Crippen molar-refractivity contribution in [3.63, 3.8) is 0 Å². The minimum Gasteiger partial charge on any atom is -0.394 e. The van der Waals surface area contributed by atoms with Crippen molar-refractivity contribution < 1.29 is 15.0 Å². The second-order valence-corrected chi connectivity index (χ2v) is 6.42. The van der Waals surface area contributed by atoms with E-state index in [-0.39, 0.29) is 31.1 Å². The molecule has 1 heterocycles. The van der Waals surface area contributed by atoms with Gasteiger partial charge in [-0.25, -0.2) is 4.79 Å². The molecule has 1 unspecified atom stereocenters. The van der Waals surface area contributed by atoms with E-state index in [1.807, 2.05) is 6.92 Å². The average molecular weight is 347 g/mol. The van der Waals surface area contributed by atoms with E-state index in [1.165, 1.54) is 4.90 Å². The molecule has 0 aromatic heterocycles. The smallest absolute Gasteiger partial charge is 0.317 e. The van der Waals surface area contributed by atoms with Crippen LogP contribution in [0.15, 0.2) is 18.2 Å². The minimum absolute atomic E-state index is 0.0507. The molecule has 0 radical (unpaired) electrons. The SMILES string of the molecule is CC(CNC(=O)N1C[C@@H](O)C[C@H]1CO)c1c(Cl)cccc1Cl. The number of aliphatic hydroxyl groups is 2. The molecule has 3 atom stereocenters. The predicted molar refractivity (Wildman–Crippen MR) is 86.5 cm³/mol. The highest BCUT2D eigenvalue weighted by Crippen LogP contribution is 2.31. The number of urea groups is 1. The van der Waals surface area contributed by atoms with Gasteiger partial charge in [0.25, 0.3) is 0 Å². The number of nitrogens with one attached hydrogen (secondary N) is 1. The first kappa shape index (κ1) is 17.3. The summed E-state index contributed by atoms with van der Waals surface area (Å²) in [4.78, 5) is 13.7. The number of likely N-dealkylation sites (tertiary alicyclic amines) is 1. The molecule has 1 aliphatic rings. The van der Waals surface area contributed by atoms with Crippen molar-refractivity contribution in [2.45, 2.75) is 31.4 Å². The van der Waals surface area contributed by atoms with E-state index >= 15 is 0 Å². The monoisotopic (exact) mass is 346 g/mol. The molecule has 1 aromatic carbocycles. The van der Waals surface area contributed by atoms with Crippen molar-refractivity contribution in [3.8, 4) is 0 Å². The lowest BCUT2D eigenvalue weighted by atomic mass is 10.0. The summed E-state index contributed by atoms with van der Waals surface area (Å²) in [6.07, 6.45) is -0.186. The average Bonchev–Trinajstić information content (AvgIpc) is 2.85. The van der Waals surface area contributed by atoms with Crippen LogP contribution in [0.25, 0.3) is 0 Å². The molecule has 1 fully saturated rings. The Morgan fingerprint density at radius 2 is 2.09 bits per heavy atom. The zero-order valence-corrected chi connectivity index (χ0v) is 13.8. The van der Waals surface area contributed by atoms with Gasteiger partial charge in [-0.1, -0.05) is 36.2 Å². The Labute approximate surface area is 139 Å². The van der Waals surface area contributed by atoms with E-state index < -0.39 is 6.10 Å². The lowest BCUT2D eigenvalue weighted by Gasteiger charge is -2.24. The van der Waals surface area contributed by atoms with Gasteiger partial charge in [0.1, 0.15) is 0 Å². The number of amides is 2. The third kappa shape index (κ3) is 3.84. The Hall–Kier alpha value is -1.01. The first-order valence-corrected chi connectivity index (χ1v) is 7.97. The summed E-state index contributed by atoms with van der Waals surface area (Å²) >= 11 is 12.3. The van der Waals surface area contributed by atoms with Gasteiger partial charge in [0.15, 0.2) is 0 Å². The number of benzene rings is 1. The van der Waals surface area contributed by atoms with Crippen molar-refractivity contribution in [2.24, 2.45) is 0 Å². The Kier molecular flexibility index (Phi) is 5.92. The number of carbonyl (C=O) groups is 1. The quantitative estimate of drug-likeness (QED) is 0.782. The minimum atomic E-state index is -0.585. The van der Waals surface area contributed by atoms with Crippen LogP contribution in [0.4, 0.5) is 4.79 Å². The zero-order chi connectivity index (χ0) is 16.3. The highest BCUT2D eigenvalue weighted by Gasteiger charge is 2.33. The van der Waals surface area contributed by atoms with Crippen LogP contribution < -0.4 is 5.32 Å². The van der Waals surface area contributed by atoms with Crippen LogP contribution in [0.2, 0.25) is 10.0 Å². The van der Waals surface area contributed by atoms with E-state index in [2.05, 4.69) is 5.32 Å². The normalized spacial score (nSPS) is 22.7. The first-order chi connectivity index (χ1) is 10.4. The Morgan fingerprint density at radius 3 is 2.68 bits per heavy atom. The fourth-order valence-corrected chi connectivity index (χ4v) is 3.51. The maximum Gasteiger partial charge on any atom is 0.317 e. The van der Waals surface area contributed by atoms with Crippen molar-refractivity contribution in [1.29, 1.82) is 0 Å². The predicted octanol–water partition coefficient (Wildman–Crippen LogP) is 2.23. The van der Waals surface area contributed by atoms with Gasteiger partial charge in [0.05, 0.1) is 18.8 Å². The molecular weight excluding hydrogens is 327 g/mol. The summed E-state index contributed by atoms with van der Waals surface area (Å²) in [5.41, 5.74) is 0.797. The molecule has 0 spiro atoms.